The van der Waals surface area contributed by atoms with Gasteiger partial charge in [0.05, 0.1) is 6.20 Å². The Bertz CT molecular complexity index is 884. The van der Waals surface area contributed by atoms with E-state index < -0.39 is 0 Å². The minimum atomic E-state index is 1.16. The Morgan fingerprint density at radius 2 is 1.41 bits per heavy atom. The maximum Gasteiger partial charge on any atom is 0.144 e. The summed E-state index contributed by atoms with van der Waals surface area (Å²) >= 11 is 0. The smallest absolute Gasteiger partial charge is 0.144 e. The summed E-state index contributed by atoms with van der Waals surface area (Å²) < 4.78 is 4.22. The summed E-state index contributed by atoms with van der Waals surface area (Å²) in [4.78, 5) is 0. The highest BCUT2D eigenvalue weighted by atomic mass is 16.5. The van der Waals surface area contributed by atoms with Gasteiger partial charge in [-0.3, -0.25) is 0 Å². The molecule has 1 heterocycles. The second-order valence-corrected chi connectivity index (χ2v) is 6.29. The number of aryl methyl sites for hydroxylation is 1. The van der Waals surface area contributed by atoms with Gasteiger partial charge in [0.15, 0.2) is 0 Å². The van der Waals surface area contributed by atoms with Crippen LogP contribution in [0.4, 0.5) is 0 Å². The molecule has 3 heteroatoms. The molecule has 0 saturated carbocycles. The Morgan fingerprint density at radius 3 is 2.04 bits per heavy atom. The van der Waals surface area contributed by atoms with Crippen molar-refractivity contribution in [2.24, 2.45) is 0 Å². The fourth-order valence-electron chi connectivity index (χ4n) is 3.00. The maximum atomic E-state index is 4.22. The molecule has 136 valence electrons. The molecule has 0 aliphatic carbocycles. The van der Waals surface area contributed by atoms with E-state index in [0.717, 1.165) is 6.42 Å². The van der Waals surface area contributed by atoms with E-state index >= 15 is 0 Å². The summed E-state index contributed by atoms with van der Waals surface area (Å²) in [6, 6.07) is 28.3. The van der Waals surface area contributed by atoms with E-state index in [1.54, 1.807) is 0 Å². The van der Waals surface area contributed by atoms with Crippen molar-refractivity contribution in [3.05, 3.63) is 96.9 Å². The lowest BCUT2D eigenvalue weighted by atomic mass is 9.95. The third-order valence-electron chi connectivity index (χ3n) is 4.40. The predicted molar refractivity (Wildman–Crippen MR) is 110 cm³/mol. The summed E-state index contributed by atoms with van der Waals surface area (Å²) in [5, 5.41) is 6.40. The Morgan fingerprint density at radius 1 is 0.741 bits per heavy atom. The first-order valence-electron chi connectivity index (χ1n) is 9.33. The van der Waals surface area contributed by atoms with Crippen molar-refractivity contribution in [1.82, 2.24) is 10.4 Å². The number of benzene rings is 3. The Hall–Kier alpha value is -3.20. The average Bonchev–Trinajstić information content (AvgIpc) is 3.34. The number of hydrogen-bond acceptors (Lipinski definition) is 3. The van der Waals surface area contributed by atoms with Crippen molar-refractivity contribution in [2.45, 2.75) is 26.2 Å². The highest BCUT2D eigenvalue weighted by Crippen LogP contribution is 2.28. The molecule has 0 spiro atoms. The molecule has 4 aromatic rings. The van der Waals surface area contributed by atoms with Gasteiger partial charge < -0.3 is 4.52 Å². The zero-order valence-corrected chi connectivity index (χ0v) is 15.6. The highest BCUT2D eigenvalue weighted by molar-refractivity contribution is 5.72. The molecular weight excluding hydrogens is 332 g/mol. The SMILES string of the molecule is CCCCc1ccccc1-c1ccc(-c2ccccc2)cc1.c1conn1. The molecular formula is C24H24N2O. The molecule has 0 bridgehead atoms. The first kappa shape index (κ1) is 18.6. The van der Waals surface area contributed by atoms with E-state index in [0.29, 0.717) is 0 Å². The monoisotopic (exact) mass is 356 g/mol. The minimum Gasteiger partial charge on any atom is -0.346 e. The third kappa shape index (κ3) is 5.38. The number of nitrogens with zero attached hydrogens (tertiary/aromatic N) is 2. The van der Waals surface area contributed by atoms with Crippen molar-refractivity contribution < 1.29 is 4.52 Å². The van der Waals surface area contributed by atoms with Gasteiger partial charge in [0.1, 0.15) is 6.26 Å². The van der Waals surface area contributed by atoms with E-state index in [9.17, 15) is 0 Å². The summed E-state index contributed by atoms with van der Waals surface area (Å²) in [7, 11) is 0. The summed E-state index contributed by atoms with van der Waals surface area (Å²) in [6.07, 6.45) is 6.52. The molecule has 0 N–H and O–H groups in total. The largest absolute Gasteiger partial charge is 0.346 e. The van der Waals surface area contributed by atoms with Gasteiger partial charge in [-0.1, -0.05) is 92.2 Å². The molecule has 1 aromatic heterocycles. The molecule has 0 amide bonds. The fraction of sp³-hybridized carbons (Fsp3) is 0.167. The molecule has 4 rings (SSSR count). The highest BCUT2D eigenvalue weighted by Gasteiger charge is 2.05. The van der Waals surface area contributed by atoms with Crippen LogP contribution >= 0.6 is 0 Å². The van der Waals surface area contributed by atoms with Crippen LogP contribution in [0.15, 0.2) is 95.8 Å². The van der Waals surface area contributed by atoms with E-state index in [2.05, 4.69) is 101 Å². The molecule has 0 saturated heterocycles. The first-order chi connectivity index (χ1) is 13.4. The normalized spacial score (nSPS) is 10.1. The van der Waals surface area contributed by atoms with Crippen LogP contribution in [0.3, 0.4) is 0 Å². The van der Waals surface area contributed by atoms with E-state index in [4.69, 9.17) is 0 Å². The van der Waals surface area contributed by atoms with Crippen LogP contribution in [0, 0.1) is 0 Å². The van der Waals surface area contributed by atoms with Crippen LogP contribution in [0.25, 0.3) is 22.3 Å². The molecule has 0 fully saturated rings. The van der Waals surface area contributed by atoms with Crippen LogP contribution in [0.2, 0.25) is 0 Å². The van der Waals surface area contributed by atoms with Crippen molar-refractivity contribution in [3.63, 3.8) is 0 Å². The molecule has 3 nitrogen and oxygen atoms in total. The average molecular weight is 356 g/mol. The van der Waals surface area contributed by atoms with Gasteiger partial charge in [0.25, 0.3) is 0 Å². The lowest BCUT2D eigenvalue weighted by molar-refractivity contribution is 0.393. The fourth-order valence-corrected chi connectivity index (χ4v) is 3.00. The van der Waals surface area contributed by atoms with Crippen molar-refractivity contribution in [2.75, 3.05) is 0 Å². The van der Waals surface area contributed by atoms with E-state index in [-0.39, 0.29) is 0 Å². The van der Waals surface area contributed by atoms with Crippen molar-refractivity contribution in [1.29, 1.82) is 0 Å². The molecule has 0 aliphatic rings. The summed E-state index contributed by atoms with van der Waals surface area (Å²) in [5.41, 5.74) is 6.68. The van der Waals surface area contributed by atoms with Gasteiger partial charge in [0, 0.05) is 5.27 Å². The lowest BCUT2D eigenvalue weighted by Gasteiger charge is -2.10. The summed E-state index contributed by atoms with van der Waals surface area (Å²) in [6.45, 7) is 2.25. The van der Waals surface area contributed by atoms with Crippen molar-refractivity contribution >= 4 is 0 Å². The van der Waals surface area contributed by atoms with Crippen LogP contribution < -0.4 is 0 Å². The Kier molecular flexibility index (Phi) is 6.93. The zero-order chi connectivity index (χ0) is 18.7. The van der Waals surface area contributed by atoms with Gasteiger partial charge in [-0.15, -0.1) is 5.10 Å². The Labute approximate surface area is 160 Å². The lowest BCUT2D eigenvalue weighted by Crippen LogP contribution is -1.90. The summed E-state index contributed by atoms with van der Waals surface area (Å²) in [5.74, 6) is 0. The molecule has 0 radical (unpaired) electrons. The van der Waals surface area contributed by atoms with Crippen LogP contribution in [0.5, 0.6) is 0 Å². The number of unbranched alkanes of at least 4 members (excludes halogenated alkanes) is 1. The second kappa shape index (κ2) is 10.1. The third-order valence-corrected chi connectivity index (χ3v) is 4.40. The number of rotatable bonds is 5. The van der Waals surface area contributed by atoms with E-state index in [1.807, 2.05) is 0 Å². The molecule has 0 aliphatic heterocycles. The zero-order valence-electron chi connectivity index (χ0n) is 15.6. The van der Waals surface area contributed by atoms with Gasteiger partial charge >= 0.3 is 0 Å². The molecule has 0 atom stereocenters. The number of aromatic nitrogens is 2. The molecule has 27 heavy (non-hydrogen) atoms. The number of hydrogen-bond donors (Lipinski definition) is 0. The molecule has 0 unspecified atom stereocenters. The second-order valence-electron chi connectivity index (χ2n) is 6.29. The predicted octanol–water partition coefficient (Wildman–Crippen LogP) is 6.43. The first-order valence-corrected chi connectivity index (χ1v) is 9.33. The molecule has 3 aromatic carbocycles. The van der Waals surface area contributed by atoms with Gasteiger partial charge in [-0.25, -0.2) is 0 Å². The van der Waals surface area contributed by atoms with Crippen molar-refractivity contribution in [3.8, 4) is 22.3 Å². The topological polar surface area (TPSA) is 38.9 Å². The van der Waals surface area contributed by atoms with Crippen LogP contribution in [-0.2, 0) is 6.42 Å². The van der Waals surface area contributed by atoms with Gasteiger partial charge in [-0.05, 0) is 40.7 Å². The minimum absolute atomic E-state index is 1.16. The van der Waals surface area contributed by atoms with Gasteiger partial charge in [0.2, 0.25) is 0 Å². The Balaban J connectivity index is 0.000000364. The maximum absolute atomic E-state index is 4.22. The quantitative estimate of drug-likeness (QED) is 0.413. The van der Waals surface area contributed by atoms with Crippen LogP contribution in [-0.4, -0.2) is 10.4 Å². The van der Waals surface area contributed by atoms with Gasteiger partial charge in [-0.2, -0.15) is 0 Å². The standard InChI is InChI=1S/C22H22.C2H2N2O/c1-2-3-9-20-12-7-8-13-22(20)21-16-14-19(15-17-21)18-10-5-4-6-11-18;1-2-5-4-3-1/h4-8,10-17H,2-3,9H2,1H3;1-2H. The van der Waals surface area contributed by atoms with E-state index in [1.165, 1.54) is 53.1 Å². The van der Waals surface area contributed by atoms with Crippen LogP contribution in [0.1, 0.15) is 25.3 Å².